The highest BCUT2D eigenvalue weighted by molar-refractivity contribution is 7.79. The second-order valence-corrected chi connectivity index (χ2v) is 2.59. The van der Waals surface area contributed by atoms with E-state index in [4.69, 9.17) is 5.11 Å². The molecule has 7 heteroatoms. The molecule has 0 aromatic carbocycles. The summed E-state index contributed by atoms with van der Waals surface area (Å²) in [5.74, 6) is -1.99. The van der Waals surface area contributed by atoms with Crippen molar-refractivity contribution in [1.82, 2.24) is 5.32 Å². The molecule has 0 saturated carbocycles. The molecule has 2 N–H and O–H groups in total. The molecule has 0 spiro atoms. The zero-order valence-electron chi connectivity index (χ0n) is 5.35. The van der Waals surface area contributed by atoms with Crippen LogP contribution in [0.25, 0.3) is 0 Å². The van der Waals surface area contributed by atoms with Crippen LogP contribution in [-0.4, -0.2) is 38.0 Å². The summed E-state index contributed by atoms with van der Waals surface area (Å²) < 4.78 is 19.9. The minimum atomic E-state index is -2.47. The Labute approximate surface area is 64.9 Å². The molecule has 0 heterocycles. The zero-order chi connectivity index (χ0) is 8.85. The SMILES string of the molecule is O=CN[C@@H](CS(=O)[O-])C(=O)O. The maximum atomic E-state index is 10.1. The van der Waals surface area contributed by atoms with E-state index >= 15 is 0 Å². The lowest BCUT2D eigenvalue weighted by Gasteiger charge is -2.11. The number of carbonyl (C=O) groups excluding carboxylic acids is 1. The molecule has 0 fully saturated rings. The third-order valence-corrected chi connectivity index (χ3v) is 1.48. The van der Waals surface area contributed by atoms with Crippen molar-refractivity contribution in [1.29, 1.82) is 0 Å². The van der Waals surface area contributed by atoms with Crippen molar-refractivity contribution in [3.8, 4) is 0 Å². The van der Waals surface area contributed by atoms with E-state index in [0.717, 1.165) is 0 Å². The third-order valence-electron chi connectivity index (χ3n) is 0.870. The van der Waals surface area contributed by atoms with Gasteiger partial charge in [-0.1, -0.05) is 11.1 Å². The Bertz CT molecular complexity index is 181. The van der Waals surface area contributed by atoms with Crippen LogP contribution in [0.5, 0.6) is 0 Å². The van der Waals surface area contributed by atoms with Crippen molar-refractivity contribution in [2.45, 2.75) is 6.04 Å². The third kappa shape index (κ3) is 4.45. The number of hydrogen-bond donors (Lipinski definition) is 2. The van der Waals surface area contributed by atoms with Gasteiger partial charge in [0.15, 0.2) is 0 Å². The molecule has 64 valence electrons. The van der Waals surface area contributed by atoms with Crippen LogP contribution in [0.2, 0.25) is 0 Å². The summed E-state index contributed by atoms with van der Waals surface area (Å²) >= 11 is -2.47. The van der Waals surface area contributed by atoms with Gasteiger partial charge in [0.1, 0.15) is 6.04 Å². The number of carboxylic acid groups (broad SMARTS) is 1. The first-order chi connectivity index (χ1) is 5.07. The van der Waals surface area contributed by atoms with Gasteiger partial charge in [-0.3, -0.25) is 9.00 Å². The maximum Gasteiger partial charge on any atom is 0.327 e. The van der Waals surface area contributed by atoms with Gasteiger partial charge in [0, 0.05) is 5.75 Å². The molecule has 0 bridgehead atoms. The van der Waals surface area contributed by atoms with Crippen molar-refractivity contribution in [3.05, 3.63) is 0 Å². The van der Waals surface area contributed by atoms with Crippen molar-refractivity contribution < 1.29 is 23.5 Å². The minimum Gasteiger partial charge on any atom is -0.772 e. The molecule has 0 aliphatic heterocycles. The van der Waals surface area contributed by atoms with Crippen molar-refractivity contribution in [2.24, 2.45) is 0 Å². The lowest BCUT2D eigenvalue weighted by atomic mass is 10.3. The highest BCUT2D eigenvalue weighted by atomic mass is 32.2. The van der Waals surface area contributed by atoms with Crippen LogP contribution in [0.1, 0.15) is 0 Å². The molecule has 0 aliphatic carbocycles. The van der Waals surface area contributed by atoms with Gasteiger partial charge in [-0.25, -0.2) is 4.79 Å². The minimum absolute atomic E-state index is 0.144. The Hall–Kier alpha value is -0.950. The Kier molecular flexibility index (Phi) is 4.39. The summed E-state index contributed by atoms with van der Waals surface area (Å²) in [6, 6.07) is -1.36. The first kappa shape index (κ1) is 10.0. The lowest BCUT2D eigenvalue weighted by Crippen LogP contribution is -2.40. The highest BCUT2D eigenvalue weighted by Gasteiger charge is 2.15. The zero-order valence-corrected chi connectivity index (χ0v) is 6.17. The Morgan fingerprint density at radius 3 is 2.64 bits per heavy atom. The quantitative estimate of drug-likeness (QED) is 0.378. The van der Waals surface area contributed by atoms with Crippen LogP contribution < -0.4 is 5.32 Å². The molecular weight excluding hydrogens is 174 g/mol. The number of amides is 1. The largest absolute Gasteiger partial charge is 0.772 e. The van der Waals surface area contributed by atoms with Gasteiger partial charge in [0.05, 0.1) is 0 Å². The van der Waals surface area contributed by atoms with Gasteiger partial charge in [-0.15, -0.1) is 0 Å². The van der Waals surface area contributed by atoms with Crippen LogP contribution in [0.15, 0.2) is 0 Å². The van der Waals surface area contributed by atoms with Gasteiger partial charge in [-0.05, 0) is 0 Å². The molecule has 0 rings (SSSR count). The Balaban J connectivity index is 3.99. The smallest absolute Gasteiger partial charge is 0.327 e. The molecule has 1 unspecified atom stereocenters. The summed E-state index contributed by atoms with van der Waals surface area (Å²) in [5.41, 5.74) is 0. The van der Waals surface area contributed by atoms with Crippen molar-refractivity contribution >= 4 is 23.5 Å². The molecule has 11 heavy (non-hydrogen) atoms. The summed E-state index contributed by atoms with van der Waals surface area (Å²) in [7, 11) is 0. The molecule has 2 atom stereocenters. The maximum absolute atomic E-state index is 10.1. The van der Waals surface area contributed by atoms with Gasteiger partial charge in [-0.2, -0.15) is 0 Å². The van der Waals surface area contributed by atoms with E-state index in [-0.39, 0.29) is 6.41 Å². The predicted octanol–water partition coefficient (Wildman–Crippen LogP) is -1.94. The van der Waals surface area contributed by atoms with E-state index in [1.54, 1.807) is 0 Å². The van der Waals surface area contributed by atoms with Crippen molar-refractivity contribution in [2.75, 3.05) is 5.75 Å². The monoisotopic (exact) mass is 180 g/mol. The number of carboxylic acids is 1. The van der Waals surface area contributed by atoms with E-state index in [1.165, 1.54) is 0 Å². The van der Waals surface area contributed by atoms with Gasteiger partial charge in [0.25, 0.3) is 0 Å². The summed E-state index contributed by atoms with van der Waals surface area (Å²) in [6.45, 7) is 0. The molecule has 0 saturated heterocycles. The first-order valence-corrected chi connectivity index (χ1v) is 3.80. The molecular formula is C4H6NO5S-. The number of carbonyl (C=O) groups is 2. The summed E-state index contributed by atoms with van der Waals surface area (Å²) in [6.07, 6.45) is 0.144. The van der Waals surface area contributed by atoms with Crippen molar-refractivity contribution in [3.63, 3.8) is 0 Å². The van der Waals surface area contributed by atoms with Crippen LogP contribution in [0.3, 0.4) is 0 Å². The number of nitrogens with one attached hydrogen (secondary N) is 1. The molecule has 0 aromatic rings. The standard InChI is InChI=1S/C4H7NO5S/c6-2-5-3(4(7)8)1-11(9)10/h2-3H,1H2,(H,5,6)(H,7,8)(H,9,10)/p-1/t3-/m0/s1. The van der Waals surface area contributed by atoms with Crippen LogP contribution in [0.4, 0.5) is 0 Å². The average molecular weight is 180 g/mol. The average Bonchev–Trinajstić information content (AvgIpc) is 1.86. The van der Waals surface area contributed by atoms with E-state index in [2.05, 4.69) is 0 Å². The van der Waals surface area contributed by atoms with Gasteiger partial charge < -0.3 is 15.0 Å². The fourth-order valence-electron chi connectivity index (χ4n) is 0.409. The number of aliphatic carboxylic acids is 1. The molecule has 6 nitrogen and oxygen atoms in total. The first-order valence-electron chi connectivity index (χ1n) is 2.56. The Morgan fingerprint density at radius 2 is 2.36 bits per heavy atom. The molecule has 0 aromatic heterocycles. The van der Waals surface area contributed by atoms with Gasteiger partial charge >= 0.3 is 5.97 Å². The Morgan fingerprint density at radius 1 is 1.82 bits per heavy atom. The normalized spacial score (nSPS) is 15.0. The fraction of sp³-hybridized carbons (Fsp3) is 0.500. The number of rotatable bonds is 5. The van der Waals surface area contributed by atoms with Crippen LogP contribution in [0, 0.1) is 0 Å². The molecule has 0 aliphatic rings. The molecule has 0 radical (unpaired) electrons. The predicted molar refractivity (Wildman–Crippen MR) is 34.4 cm³/mol. The molecule has 1 amide bonds. The van der Waals surface area contributed by atoms with E-state index in [9.17, 15) is 18.4 Å². The lowest BCUT2D eigenvalue weighted by molar-refractivity contribution is -0.139. The van der Waals surface area contributed by atoms with E-state index < -0.39 is 28.8 Å². The van der Waals surface area contributed by atoms with Crippen LogP contribution in [-0.2, 0) is 20.7 Å². The highest BCUT2D eigenvalue weighted by Crippen LogP contribution is 1.85. The fourth-order valence-corrected chi connectivity index (χ4v) is 0.920. The van der Waals surface area contributed by atoms with Gasteiger partial charge in [0.2, 0.25) is 6.41 Å². The summed E-state index contributed by atoms with van der Waals surface area (Å²) in [5, 5.41) is 10.1. The second-order valence-electron chi connectivity index (χ2n) is 1.65. The second kappa shape index (κ2) is 4.80. The van der Waals surface area contributed by atoms with E-state index in [1.807, 2.05) is 5.32 Å². The summed E-state index contributed by atoms with van der Waals surface area (Å²) in [4.78, 5) is 19.9. The topological polar surface area (TPSA) is 107 Å². The van der Waals surface area contributed by atoms with Crippen LogP contribution >= 0.6 is 0 Å². The number of hydrogen-bond acceptors (Lipinski definition) is 4. The van der Waals surface area contributed by atoms with E-state index in [0.29, 0.717) is 0 Å².